The summed E-state index contributed by atoms with van der Waals surface area (Å²) in [6.07, 6.45) is 2.37. The van der Waals surface area contributed by atoms with Crippen LogP contribution < -0.4 is 18.9 Å². The molecule has 2 aromatic heterocycles. The summed E-state index contributed by atoms with van der Waals surface area (Å²) >= 11 is 0. The molecule has 4 aliphatic heterocycles. The highest BCUT2D eigenvalue weighted by Crippen LogP contribution is 2.42. The van der Waals surface area contributed by atoms with E-state index in [1.54, 1.807) is 0 Å². The van der Waals surface area contributed by atoms with Crippen molar-refractivity contribution in [1.29, 1.82) is 0 Å². The summed E-state index contributed by atoms with van der Waals surface area (Å²) in [6.45, 7) is 31.1. The van der Waals surface area contributed by atoms with Gasteiger partial charge in [0.15, 0.2) is 0 Å². The Kier molecular flexibility index (Phi) is 12.5. The quantitative estimate of drug-likeness (QED) is 0.168. The molecule has 4 fully saturated rings. The van der Waals surface area contributed by atoms with E-state index in [0.717, 1.165) is 0 Å². The van der Waals surface area contributed by atoms with Gasteiger partial charge in [-0.3, -0.25) is 0 Å². The summed E-state index contributed by atoms with van der Waals surface area (Å²) in [5.74, 6) is -0.270. The van der Waals surface area contributed by atoms with E-state index in [0.29, 0.717) is 51.4 Å². The molecule has 0 aliphatic carbocycles. The van der Waals surface area contributed by atoms with Gasteiger partial charge in [0, 0.05) is 95.7 Å². The maximum atomic E-state index is 10.9. The van der Waals surface area contributed by atoms with Gasteiger partial charge in [-0.1, -0.05) is 0 Å². The van der Waals surface area contributed by atoms with Crippen LogP contribution in [0.5, 0.6) is 24.0 Å². The summed E-state index contributed by atoms with van der Waals surface area (Å²) in [7, 11) is 0. The first-order chi connectivity index (χ1) is 28.2. The van der Waals surface area contributed by atoms with Crippen molar-refractivity contribution in [3.8, 4) is 24.0 Å². The number of hydroxylamine groups is 8. The van der Waals surface area contributed by atoms with Crippen LogP contribution in [0, 0.1) is 0 Å². The van der Waals surface area contributed by atoms with Gasteiger partial charge in [-0.25, -0.2) is 0 Å². The fourth-order valence-electron chi connectivity index (χ4n) is 10.7. The molecule has 0 bridgehead atoms. The van der Waals surface area contributed by atoms with Gasteiger partial charge >= 0.3 is 24.0 Å². The molecule has 0 atom stereocenters. The molecule has 20 heteroatoms. The Bertz CT molecular complexity index is 1640. The maximum absolute atomic E-state index is 10.9. The van der Waals surface area contributed by atoms with E-state index in [1.165, 1.54) is 20.3 Å². The Morgan fingerprint density at radius 1 is 0.339 bits per heavy atom. The van der Waals surface area contributed by atoms with Crippen LogP contribution in [0.15, 0.2) is 10.2 Å². The third kappa shape index (κ3) is 10.4. The van der Waals surface area contributed by atoms with Crippen molar-refractivity contribution in [3.63, 3.8) is 0 Å². The van der Waals surface area contributed by atoms with E-state index in [2.05, 4.69) is 40.1 Å². The summed E-state index contributed by atoms with van der Waals surface area (Å²) < 4.78 is 25.7. The van der Waals surface area contributed by atoms with Crippen molar-refractivity contribution < 1.29 is 39.8 Å². The molecule has 20 nitrogen and oxygen atoms in total. The van der Waals surface area contributed by atoms with E-state index in [-0.39, 0.29) is 60.4 Å². The smallest absolute Gasteiger partial charge is 0.324 e. The molecule has 0 unspecified atom stereocenters. The first-order valence-corrected chi connectivity index (χ1v) is 21.8. The molecular weight excluding hydrogens is 801 g/mol. The number of nitrogens with zero attached hydrogens (tertiary/aromatic N) is 12. The molecule has 0 spiro atoms. The second-order valence-corrected chi connectivity index (χ2v) is 22.9. The molecule has 62 heavy (non-hydrogen) atoms. The van der Waals surface area contributed by atoms with Gasteiger partial charge in [-0.05, 0) is 111 Å². The lowest BCUT2D eigenvalue weighted by molar-refractivity contribution is -0.255. The van der Waals surface area contributed by atoms with Gasteiger partial charge in [0.2, 0.25) is 0 Å². The Hall–Kier alpha value is -3.50. The number of azo groups is 1. The fraction of sp³-hybridized carbons (Fsp3) is 0.857. The summed E-state index contributed by atoms with van der Waals surface area (Å²) in [5.41, 5.74) is -4.81. The predicted molar refractivity (Wildman–Crippen MR) is 226 cm³/mol. The number of rotatable bonds is 10. The zero-order chi connectivity index (χ0) is 46.2. The summed E-state index contributed by atoms with van der Waals surface area (Å²) in [5, 5.41) is 58.0. The maximum Gasteiger partial charge on any atom is 0.324 e. The van der Waals surface area contributed by atoms with Crippen LogP contribution in [0.2, 0.25) is 0 Å². The SMILES string of the molecule is CC1(C)CC(Oc2nc(N=Nc3nc(OC4CC(C)(C)N(O)C(C)(C)C4)nc(OC4CC(C)(C)N(O)C(C)(C)C4)n3)nc(OC3CC(C)(C)N(O)C(C)(C)C3)n2)CC(C)(C)N1O. The van der Waals surface area contributed by atoms with E-state index >= 15 is 0 Å². The van der Waals surface area contributed by atoms with Gasteiger partial charge in [0.25, 0.3) is 11.9 Å². The second kappa shape index (κ2) is 16.2. The molecule has 4 saturated heterocycles. The van der Waals surface area contributed by atoms with Crippen LogP contribution in [0.25, 0.3) is 0 Å². The highest BCUT2D eigenvalue weighted by Gasteiger charge is 2.50. The largest absolute Gasteiger partial charge is 0.460 e. The minimum atomic E-state index is -0.601. The molecule has 0 saturated carbocycles. The number of hydrogen-bond acceptors (Lipinski definition) is 20. The molecule has 6 heterocycles. The molecule has 2 aromatic rings. The van der Waals surface area contributed by atoms with Crippen LogP contribution in [-0.2, 0) is 0 Å². The predicted octanol–water partition coefficient (Wildman–Crippen LogP) is 7.63. The fourth-order valence-corrected chi connectivity index (χ4v) is 10.7. The van der Waals surface area contributed by atoms with Crippen molar-refractivity contribution >= 4 is 11.9 Å². The van der Waals surface area contributed by atoms with Crippen LogP contribution in [0.3, 0.4) is 0 Å². The number of hydrogen-bond donors (Lipinski definition) is 4. The Morgan fingerprint density at radius 2 is 0.500 bits per heavy atom. The topological polar surface area (TPSA) is 233 Å². The van der Waals surface area contributed by atoms with E-state index in [9.17, 15) is 20.8 Å². The lowest BCUT2D eigenvalue weighted by Gasteiger charge is -2.51. The average molecular weight is 873 g/mol. The number of aromatic nitrogens is 6. The highest BCUT2D eigenvalue weighted by molar-refractivity contribution is 5.24. The molecule has 4 aliphatic rings. The van der Waals surface area contributed by atoms with Crippen molar-refractivity contribution in [2.24, 2.45) is 10.2 Å². The lowest BCUT2D eigenvalue weighted by atomic mass is 9.80. The molecule has 0 amide bonds. The van der Waals surface area contributed by atoms with Crippen molar-refractivity contribution in [3.05, 3.63) is 0 Å². The second-order valence-electron chi connectivity index (χ2n) is 22.9. The summed E-state index contributed by atoms with van der Waals surface area (Å²) in [4.78, 5) is 27.3. The Morgan fingerprint density at radius 3 is 0.661 bits per heavy atom. The molecule has 4 N–H and O–H groups in total. The van der Waals surface area contributed by atoms with Crippen LogP contribution in [0.1, 0.15) is 162 Å². The van der Waals surface area contributed by atoms with Gasteiger partial charge < -0.3 is 39.8 Å². The zero-order valence-electron chi connectivity index (χ0n) is 39.8. The van der Waals surface area contributed by atoms with Gasteiger partial charge in [-0.2, -0.15) is 40.2 Å². The van der Waals surface area contributed by atoms with Gasteiger partial charge in [0.1, 0.15) is 24.4 Å². The molecule has 6 rings (SSSR count). The number of piperidine rings is 4. The lowest BCUT2D eigenvalue weighted by Crippen LogP contribution is -2.61. The first kappa shape index (κ1) is 48.0. The van der Waals surface area contributed by atoms with Crippen LogP contribution in [0.4, 0.5) is 11.9 Å². The standard InChI is InChI=1S/C42H72N12O8/c1-35(2)17-25(18-36(3,4)51(35)55)59-31-43-29(44-32(47-31)60-26-19-37(5,6)52(56)38(7,8)20-26)49-50-30-45-33(61-27-21-39(9,10)53(57)40(11,12)22-27)48-34(46-30)62-28-23-41(13,14)54(58)42(15,16)24-28/h25-28,55-58H,17-24H2,1-16H3. The van der Waals surface area contributed by atoms with Crippen molar-refractivity contribution in [2.45, 2.75) is 231 Å². The minimum absolute atomic E-state index is 0.0327. The molecule has 348 valence electrons. The highest BCUT2D eigenvalue weighted by atomic mass is 16.5. The van der Waals surface area contributed by atoms with Crippen LogP contribution in [-0.4, -0.2) is 140 Å². The van der Waals surface area contributed by atoms with E-state index < -0.39 is 44.3 Å². The van der Waals surface area contributed by atoms with Gasteiger partial charge in [0.05, 0.1) is 0 Å². The Balaban J connectivity index is 1.35. The third-order valence-corrected chi connectivity index (χ3v) is 12.9. The molecular formula is C42H72N12O8. The minimum Gasteiger partial charge on any atom is -0.460 e. The monoisotopic (exact) mass is 873 g/mol. The summed E-state index contributed by atoms with van der Waals surface area (Å²) in [6, 6.07) is -0.131. The van der Waals surface area contributed by atoms with E-state index in [4.69, 9.17) is 18.9 Å². The number of ether oxygens (including phenoxy) is 4. The van der Waals surface area contributed by atoms with E-state index in [1.807, 2.05) is 111 Å². The van der Waals surface area contributed by atoms with Crippen LogP contribution >= 0.6 is 0 Å². The zero-order valence-corrected chi connectivity index (χ0v) is 39.8. The van der Waals surface area contributed by atoms with Gasteiger partial charge in [-0.15, -0.1) is 20.2 Å². The normalized spacial score (nSPS) is 27.0. The van der Waals surface area contributed by atoms with Crippen molar-refractivity contribution in [1.82, 2.24) is 50.2 Å². The Labute approximate surface area is 366 Å². The van der Waals surface area contributed by atoms with Crippen molar-refractivity contribution in [2.75, 3.05) is 0 Å². The average Bonchev–Trinajstić information content (AvgIpc) is 3.09. The first-order valence-electron chi connectivity index (χ1n) is 21.8. The third-order valence-electron chi connectivity index (χ3n) is 12.9. The molecule has 0 radical (unpaired) electrons. The molecule has 0 aromatic carbocycles.